The third kappa shape index (κ3) is 6.25. The molecular weight excluding hydrogens is 558 g/mol. The van der Waals surface area contributed by atoms with Gasteiger partial charge < -0.3 is 23.8 Å². The number of fused-ring (bicyclic) bond motifs is 1. The second-order valence-electron chi connectivity index (χ2n) is 9.33. The van der Waals surface area contributed by atoms with Gasteiger partial charge in [0.15, 0.2) is 11.4 Å². The van der Waals surface area contributed by atoms with Crippen molar-refractivity contribution >= 4 is 29.3 Å². The number of ether oxygens (including phenoxy) is 4. The number of likely N-dealkylation sites (N-methyl/N-ethyl adjacent to an activating group) is 1. The summed E-state index contributed by atoms with van der Waals surface area (Å²) in [6, 6.07) is 11.6. The first kappa shape index (κ1) is 30.6. The average molecular weight is 594 g/mol. The van der Waals surface area contributed by atoms with Crippen LogP contribution in [-0.4, -0.2) is 61.9 Å². The molecule has 2 heterocycles. The van der Waals surface area contributed by atoms with Gasteiger partial charge in [-0.1, -0.05) is 23.5 Å². The van der Waals surface area contributed by atoms with E-state index in [-0.39, 0.29) is 24.7 Å². The van der Waals surface area contributed by atoms with E-state index in [4.69, 9.17) is 23.9 Å². The number of nitrogens with zero attached hydrogens (tertiary/aromatic N) is 3. The molecule has 1 aliphatic heterocycles. The van der Waals surface area contributed by atoms with Gasteiger partial charge in [0.1, 0.15) is 23.3 Å². The standard InChI is InChI=1S/C31H35N3O7S/c1-7-33(8-2)30(37)27-19(4)32-31-34(28(27)23-17-22(38-5)14-15-24(23)39-6)29(36)25(42-31)16-20-10-12-21(13-11-20)41-18-26(35)40-9-3/h10-17,28H,7-9,18H2,1-6H3/b25-16+/t28-/m1/s1. The van der Waals surface area contributed by atoms with Crippen LogP contribution in [0.5, 0.6) is 17.2 Å². The maximum Gasteiger partial charge on any atom is 0.344 e. The van der Waals surface area contributed by atoms with E-state index in [2.05, 4.69) is 0 Å². The summed E-state index contributed by atoms with van der Waals surface area (Å²) >= 11 is 1.24. The molecule has 0 fully saturated rings. The van der Waals surface area contributed by atoms with E-state index in [1.165, 1.54) is 11.3 Å². The van der Waals surface area contributed by atoms with E-state index in [0.717, 1.165) is 5.56 Å². The lowest BCUT2D eigenvalue weighted by Crippen LogP contribution is -2.43. The molecule has 0 radical (unpaired) electrons. The summed E-state index contributed by atoms with van der Waals surface area (Å²) in [5.74, 6) is 0.959. The lowest BCUT2D eigenvalue weighted by molar-refractivity contribution is -0.145. The van der Waals surface area contributed by atoms with Crippen molar-refractivity contribution in [2.75, 3.05) is 40.5 Å². The van der Waals surface area contributed by atoms with Gasteiger partial charge in [0, 0.05) is 18.7 Å². The molecule has 0 saturated carbocycles. The van der Waals surface area contributed by atoms with Crippen LogP contribution in [0.1, 0.15) is 44.9 Å². The SMILES string of the molecule is CCOC(=O)COc1ccc(/C=c2/sc3n(c2=O)[C@H](c2cc(OC)ccc2OC)C(C(=O)N(CC)CC)=C(C)N=3)cc1. The van der Waals surface area contributed by atoms with Gasteiger partial charge in [-0.2, -0.15) is 0 Å². The van der Waals surface area contributed by atoms with Crippen molar-refractivity contribution in [2.24, 2.45) is 4.99 Å². The van der Waals surface area contributed by atoms with E-state index in [1.807, 2.05) is 13.8 Å². The van der Waals surface area contributed by atoms with Gasteiger partial charge in [-0.25, -0.2) is 9.79 Å². The summed E-state index contributed by atoms with van der Waals surface area (Å²) < 4.78 is 23.6. The highest BCUT2D eigenvalue weighted by Gasteiger charge is 2.36. The van der Waals surface area contributed by atoms with Crippen LogP contribution in [0, 0.1) is 0 Å². The third-order valence-electron chi connectivity index (χ3n) is 6.87. The molecule has 3 aromatic rings. The summed E-state index contributed by atoms with van der Waals surface area (Å²) in [6.07, 6.45) is 1.77. The minimum atomic E-state index is -0.778. The zero-order chi connectivity index (χ0) is 30.4. The number of carbonyl (C=O) groups is 2. The molecule has 222 valence electrons. The van der Waals surface area contributed by atoms with Crippen LogP contribution < -0.4 is 29.1 Å². The smallest absolute Gasteiger partial charge is 0.344 e. The molecule has 2 aromatic carbocycles. The first-order valence-electron chi connectivity index (χ1n) is 13.7. The zero-order valence-corrected chi connectivity index (χ0v) is 25.4. The average Bonchev–Trinajstić information content (AvgIpc) is 3.30. The van der Waals surface area contributed by atoms with Crippen molar-refractivity contribution in [1.82, 2.24) is 9.47 Å². The molecule has 0 N–H and O–H groups in total. The van der Waals surface area contributed by atoms with Crippen molar-refractivity contribution in [1.29, 1.82) is 0 Å². The fourth-order valence-corrected chi connectivity index (χ4v) is 5.83. The number of esters is 1. The molecule has 1 atom stereocenters. The molecule has 10 nitrogen and oxygen atoms in total. The molecule has 1 amide bonds. The summed E-state index contributed by atoms with van der Waals surface area (Å²) in [6.45, 7) is 8.49. The minimum absolute atomic E-state index is 0.187. The molecule has 1 aliphatic rings. The minimum Gasteiger partial charge on any atom is -0.497 e. The largest absolute Gasteiger partial charge is 0.497 e. The Morgan fingerprint density at radius 3 is 2.33 bits per heavy atom. The Morgan fingerprint density at radius 1 is 1.02 bits per heavy atom. The third-order valence-corrected chi connectivity index (χ3v) is 7.86. The van der Waals surface area contributed by atoms with E-state index in [1.54, 1.807) is 86.1 Å². The maximum atomic E-state index is 14.0. The number of thiazole rings is 1. The number of rotatable bonds is 11. The number of carbonyl (C=O) groups excluding carboxylic acids is 2. The van der Waals surface area contributed by atoms with Crippen LogP contribution in [0.25, 0.3) is 6.08 Å². The van der Waals surface area contributed by atoms with Gasteiger partial charge in [-0.15, -0.1) is 0 Å². The van der Waals surface area contributed by atoms with Crippen molar-refractivity contribution in [2.45, 2.75) is 33.7 Å². The van der Waals surface area contributed by atoms with Crippen molar-refractivity contribution < 1.29 is 28.5 Å². The number of allylic oxidation sites excluding steroid dienone is 1. The van der Waals surface area contributed by atoms with E-state index in [9.17, 15) is 14.4 Å². The molecule has 0 aliphatic carbocycles. The quantitative estimate of drug-likeness (QED) is 0.315. The Kier molecular flexibility index (Phi) is 9.84. The number of benzene rings is 2. The number of methoxy groups -OCH3 is 2. The molecular formula is C31H35N3O7S. The predicted molar refractivity (Wildman–Crippen MR) is 160 cm³/mol. The number of hydrogen-bond acceptors (Lipinski definition) is 9. The first-order chi connectivity index (χ1) is 20.3. The monoisotopic (exact) mass is 593 g/mol. The highest BCUT2D eigenvalue weighted by molar-refractivity contribution is 7.07. The van der Waals surface area contributed by atoms with Gasteiger partial charge in [-0.3, -0.25) is 14.2 Å². The molecule has 4 rings (SSSR count). The summed E-state index contributed by atoms with van der Waals surface area (Å²) in [5.41, 5.74) is 2.05. The Morgan fingerprint density at radius 2 is 1.71 bits per heavy atom. The molecule has 0 spiro atoms. The summed E-state index contributed by atoms with van der Waals surface area (Å²) in [4.78, 5) is 46.4. The fraction of sp³-hybridized carbons (Fsp3) is 0.355. The molecule has 1 aromatic heterocycles. The van der Waals surface area contributed by atoms with Crippen LogP contribution in [0.3, 0.4) is 0 Å². The number of aromatic nitrogens is 1. The van der Waals surface area contributed by atoms with E-state index in [0.29, 0.717) is 56.5 Å². The topological polar surface area (TPSA) is 109 Å². The van der Waals surface area contributed by atoms with Crippen LogP contribution >= 0.6 is 11.3 Å². The van der Waals surface area contributed by atoms with Crippen LogP contribution in [0.2, 0.25) is 0 Å². The molecule has 0 saturated heterocycles. The number of hydrogen-bond donors (Lipinski definition) is 0. The van der Waals surface area contributed by atoms with Crippen LogP contribution in [-0.2, 0) is 14.3 Å². The summed E-state index contributed by atoms with van der Waals surface area (Å²) in [7, 11) is 3.12. The van der Waals surface area contributed by atoms with Gasteiger partial charge in [-0.05, 0) is 69.7 Å². The van der Waals surface area contributed by atoms with Crippen LogP contribution in [0.4, 0.5) is 0 Å². The summed E-state index contributed by atoms with van der Waals surface area (Å²) in [5, 5.41) is 0. The molecule has 0 bridgehead atoms. The van der Waals surface area contributed by atoms with Gasteiger partial charge in [0.05, 0.1) is 36.6 Å². The van der Waals surface area contributed by atoms with Gasteiger partial charge >= 0.3 is 5.97 Å². The Bertz CT molecular complexity index is 1670. The predicted octanol–water partition coefficient (Wildman–Crippen LogP) is 3.06. The van der Waals surface area contributed by atoms with Crippen molar-refractivity contribution in [3.05, 3.63) is 84.5 Å². The van der Waals surface area contributed by atoms with E-state index < -0.39 is 12.0 Å². The lowest BCUT2D eigenvalue weighted by Gasteiger charge is -2.30. The zero-order valence-electron chi connectivity index (χ0n) is 24.6. The fourth-order valence-electron chi connectivity index (χ4n) is 4.78. The Labute approximate surface area is 248 Å². The molecule has 42 heavy (non-hydrogen) atoms. The Hall–Kier alpha value is -4.38. The second-order valence-corrected chi connectivity index (χ2v) is 10.3. The lowest BCUT2D eigenvalue weighted by atomic mass is 9.93. The van der Waals surface area contributed by atoms with Crippen LogP contribution in [0.15, 0.2) is 63.5 Å². The highest BCUT2D eigenvalue weighted by Crippen LogP contribution is 2.38. The van der Waals surface area contributed by atoms with Crippen molar-refractivity contribution in [3.63, 3.8) is 0 Å². The second kappa shape index (κ2) is 13.5. The maximum absolute atomic E-state index is 14.0. The highest BCUT2D eigenvalue weighted by atomic mass is 32.1. The molecule has 11 heteroatoms. The number of amides is 1. The normalized spacial score (nSPS) is 14.6. The van der Waals surface area contributed by atoms with Gasteiger partial charge in [0.25, 0.3) is 11.5 Å². The van der Waals surface area contributed by atoms with Crippen molar-refractivity contribution in [3.8, 4) is 17.2 Å². The van der Waals surface area contributed by atoms with E-state index >= 15 is 0 Å². The Balaban J connectivity index is 1.83. The molecule has 0 unspecified atom stereocenters. The van der Waals surface area contributed by atoms with Gasteiger partial charge in [0.2, 0.25) is 0 Å². The first-order valence-corrected chi connectivity index (χ1v) is 14.5.